The molecule has 9 nitrogen and oxygen atoms in total. The number of nitro benzene ring substituents is 1. The van der Waals surface area contributed by atoms with Crippen LogP contribution in [0.1, 0.15) is 24.0 Å². The molecule has 0 atom stereocenters. The van der Waals surface area contributed by atoms with Gasteiger partial charge >= 0.3 is 0 Å². The minimum absolute atomic E-state index is 0.0700. The van der Waals surface area contributed by atoms with Gasteiger partial charge < -0.3 is 9.47 Å². The number of rotatable bonds is 7. The number of hydrogen-bond acceptors (Lipinski definition) is 7. The molecule has 188 valence electrons. The lowest BCUT2D eigenvalue weighted by Gasteiger charge is -2.39. The largest absolute Gasteiger partial charge is 0.454 e. The first-order chi connectivity index (χ1) is 17.3. The lowest BCUT2D eigenvalue weighted by atomic mass is 10.0. The number of piperidine rings is 1. The number of sulfonamides is 1. The van der Waals surface area contributed by atoms with Gasteiger partial charge in [0.2, 0.25) is 6.79 Å². The molecule has 0 N–H and O–H groups in total. The van der Waals surface area contributed by atoms with Crippen molar-refractivity contribution in [2.24, 2.45) is 0 Å². The number of nitrogens with zero attached hydrogens (tertiary/aromatic N) is 3. The molecule has 10 heteroatoms. The van der Waals surface area contributed by atoms with Crippen LogP contribution in [0.3, 0.4) is 0 Å². The van der Waals surface area contributed by atoms with Gasteiger partial charge in [-0.05, 0) is 49.6 Å². The third-order valence-corrected chi connectivity index (χ3v) is 8.50. The van der Waals surface area contributed by atoms with E-state index in [1.807, 2.05) is 13.0 Å². The second-order valence-electron chi connectivity index (χ2n) is 9.09. The first-order valence-electron chi connectivity index (χ1n) is 11.8. The average Bonchev–Trinajstić information content (AvgIpc) is 3.34. The van der Waals surface area contributed by atoms with Gasteiger partial charge in [-0.1, -0.05) is 29.8 Å². The highest BCUT2D eigenvalue weighted by molar-refractivity contribution is 7.92. The van der Waals surface area contributed by atoms with E-state index in [1.54, 1.807) is 54.6 Å². The summed E-state index contributed by atoms with van der Waals surface area (Å²) < 4.78 is 40.2. The van der Waals surface area contributed by atoms with Gasteiger partial charge in [-0.3, -0.25) is 19.3 Å². The first kappa shape index (κ1) is 24.1. The van der Waals surface area contributed by atoms with Crippen molar-refractivity contribution < 1.29 is 22.8 Å². The number of anilines is 1. The maximum Gasteiger partial charge on any atom is 0.269 e. The van der Waals surface area contributed by atoms with E-state index in [4.69, 9.17) is 9.47 Å². The van der Waals surface area contributed by atoms with Crippen LogP contribution in [0.2, 0.25) is 0 Å². The van der Waals surface area contributed by atoms with Crippen molar-refractivity contribution in [1.82, 2.24) is 4.90 Å². The molecule has 0 saturated carbocycles. The van der Waals surface area contributed by atoms with Gasteiger partial charge in [0.1, 0.15) is 0 Å². The van der Waals surface area contributed by atoms with Gasteiger partial charge in [0.25, 0.3) is 15.7 Å². The molecule has 0 radical (unpaired) electrons. The number of non-ortho nitro benzene ring substituents is 1. The van der Waals surface area contributed by atoms with Crippen LogP contribution < -0.4 is 13.8 Å². The van der Waals surface area contributed by atoms with Crippen LogP contribution >= 0.6 is 0 Å². The molecule has 2 aliphatic heterocycles. The minimum atomic E-state index is -3.84. The number of aryl methyl sites for hydroxylation is 1. The van der Waals surface area contributed by atoms with Crippen molar-refractivity contribution >= 4 is 21.4 Å². The molecule has 3 aromatic rings. The molecule has 1 fully saturated rings. The Hall–Kier alpha value is -3.63. The normalized spacial score (nSPS) is 16.1. The topological polar surface area (TPSA) is 102 Å². The molecule has 0 bridgehead atoms. The van der Waals surface area contributed by atoms with Crippen LogP contribution in [-0.2, 0) is 16.6 Å². The average molecular weight is 510 g/mol. The van der Waals surface area contributed by atoms with Gasteiger partial charge in [-0.15, -0.1) is 0 Å². The molecule has 1 saturated heterocycles. The Labute approximate surface area is 210 Å². The van der Waals surface area contributed by atoms with Gasteiger partial charge in [-0.2, -0.15) is 0 Å². The summed E-state index contributed by atoms with van der Waals surface area (Å²) in [4.78, 5) is 13.2. The van der Waals surface area contributed by atoms with Crippen LogP contribution in [0.15, 0.2) is 71.6 Å². The quantitative estimate of drug-likeness (QED) is 0.341. The molecule has 5 rings (SSSR count). The minimum Gasteiger partial charge on any atom is -0.454 e. The van der Waals surface area contributed by atoms with Gasteiger partial charge in [0.05, 0.1) is 15.5 Å². The predicted octanol–water partition coefficient (Wildman–Crippen LogP) is 4.49. The number of hydrogen-bond donors (Lipinski definition) is 0. The third-order valence-electron chi connectivity index (χ3n) is 6.60. The highest BCUT2D eigenvalue weighted by Crippen LogP contribution is 2.39. The SMILES string of the molecule is Cc1ccc(S(=O)(=O)N(c2ccc3c(c2)OCO3)C2CCN(Cc3cccc([N+](=O)[O-])c3)CC2)cc1. The van der Waals surface area contributed by atoms with E-state index in [1.165, 1.54) is 10.4 Å². The van der Waals surface area contributed by atoms with Crippen LogP contribution in [0, 0.1) is 17.0 Å². The van der Waals surface area contributed by atoms with E-state index < -0.39 is 14.9 Å². The molecular weight excluding hydrogens is 482 g/mol. The van der Waals surface area contributed by atoms with Crippen LogP contribution in [0.5, 0.6) is 11.5 Å². The summed E-state index contributed by atoms with van der Waals surface area (Å²) in [5.41, 5.74) is 2.46. The monoisotopic (exact) mass is 509 g/mol. The third kappa shape index (κ3) is 4.87. The Morgan fingerprint density at radius 2 is 1.72 bits per heavy atom. The number of nitro groups is 1. The highest BCUT2D eigenvalue weighted by Gasteiger charge is 2.35. The Morgan fingerprint density at radius 1 is 1.00 bits per heavy atom. The van der Waals surface area contributed by atoms with E-state index in [2.05, 4.69) is 4.90 Å². The summed E-state index contributed by atoms with van der Waals surface area (Å²) in [6.07, 6.45) is 1.24. The Bertz CT molecular complexity index is 1370. The zero-order valence-corrected chi connectivity index (χ0v) is 20.7. The van der Waals surface area contributed by atoms with Crippen molar-refractivity contribution in [3.8, 4) is 11.5 Å². The van der Waals surface area contributed by atoms with Crippen molar-refractivity contribution in [2.45, 2.75) is 37.2 Å². The van der Waals surface area contributed by atoms with Crippen LogP contribution in [0.25, 0.3) is 0 Å². The molecule has 0 spiro atoms. The maximum absolute atomic E-state index is 13.9. The molecule has 0 aromatic heterocycles. The maximum atomic E-state index is 13.9. The predicted molar refractivity (Wildman–Crippen MR) is 135 cm³/mol. The summed E-state index contributed by atoms with van der Waals surface area (Å²) in [6, 6.07) is 18.5. The Balaban J connectivity index is 1.39. The summed E-state index contributed by atoms with van der Waals surface area (Å²) in [5.74, 6) is 1.12. The number of benzene rings is 3. The lowest BCUT2D eigenvalue weighted by Crippen LogP contribution is -2.47. The molecular formula is C26H27N3O6S. The van der Waals surface area contributed by atoms with E-state index in [0.29, 0.717) is 49.7 Å². The van der Waals surface area contributed by atoms with Gasteiger partial charge in [0.15, 0.2) is 11.5 Å². The van der Waals surface area contributed by atoms with E-state index in [-0.39, 0.29) is 23.4 Å². The summed E-state index contributed by atoms with van der Waals surface area (Å²) in [7, 11) is -3.84. The molecule has 3 aromatic carbocycles. The van der Waals surface area contributed by atoms with Crippen LogP contribution in [0.4, 0.5) is 11.4 Å². The summed E-state index contributed by atoms with van der Waals surface area (Å²) in [5, 5.41) is 11.1. The van der Waals surface area contributed by atoms with Crippen molar-refractivity contribution in [2.75, 3.05) is 24.2 Å². The van der Waals surface area contributed by atoms with Crippen LogP contribution in [-0.4, -0.2) is 44.2 Å². The second kappa shape index (κ2) is 9.79. The number of likely N-dealkylation sites (tertiary alicyclic amines) is 1. The molecule has 2 heterocycles. The van der Waals surface area contributed by atoms with Crippen molar-refractivity contribution in [3.05, 3.63) is 88.0 Å². The molecule has 0 aliphatic carbocycles. The summed E-state index contributed by atoms with van der Waals surface area (Å²) >= 11 is 0. The zero-order valence-electron chi connectivity index (χ0n) is 19.9. The van der Waals surface area contributed by atoms with E-state index >= 15 is 0 Å². The Morgan fingerprint density at radius 3 is 2.44 bits per heavy atom. The number of ether oxygens (including phenoxy) is 2. The fourth-order valence-electron chi connectivity index (χ4n) is 4.73. The van der Waals surface area contributed by atoms with E-state index in [0.717, 1.165) is 11.1 Å². The summed E-state index contributed by atoms with van der Waals surface area (Å²) in [6.45, 7) is 3.93. The van der Waals surface area contributed by atoms with Gasteiger partial charge in [0, 0.05) is 43.9 Å². The highest BCUT2D eigenvalue weighted by atomic mass is 32.2. The van der Waals surface area contributed by atoms with E-state index in [9.17, 15) is 18.5 Å². The van der Waals surface area contributed by atoms with Gasteiger partial charge in [-0.25, -0.2) is 8.42 Å². The fraction of sp³-hybridized carbons (Fsp3) is 0.308. The van der Waals surface area contributed by atoms with Crippen molar-refractivity contribution in [3.63, 3.8) is 0 Å². The zero-order chi connectivity index (χ0) is 25.3. The molecule has 2 aliphatic rings. The van der Waals surface area contributed by atoms with Crippen molar-refractivity contribution in [1.29, 1.82) is 0 Å². The Kier molecular flexibility index (Phi) is 6.55. The lowest BCUT2D eigenvalue weighted by molar-refractivity contribution is -0.384. The molecule has 0 unspecified atom stereocenters. The first-order valence-corrected chi connectivity index (χ1v) is 13.2. The molecule has 0 amide bonds. The standard InChI is InChI=1S/C26H27N3O6S/c1-19-5-8-24(9-6-19)36(32,33)28(22-7-10-25-26(16-22)35-18-34-25)21-11-13-27(14-12-21)17-20-3-2-4-23(15-20)29(30)31/h2-10,15-16,21H,11-14,17-18H2,1H3. The second-order valence-corrected chi connectivity index (χ2v) is 10.9. The smallest absolute Gasteiger partial charge is 0.269 e. The fourth-order valence-corrected chi connectivity index (χ4v) is 6.43. The number of fused-ring (bicyclic) bond motifs is 1. The molecule has 36 heavy (non-hydrogen) atoms.